The van der Waals surface area contributed by atoms with Gasteiger partial charge in [0, 0.05) is 5.56 Å². The van der Waals surface area contributed by atoms with Crippen molar-refractivity contribution in [1.82, 2.24) is 0 Å². The van der Waals surface area contributed by atoms with Crippen LogP contribution in [0.3, 0.4) is 0 Å². The second-order valence-electron chi connectivity index (χ2n) is 6.75. The molecule has 0 N–H and O–H groups in total. The minimum atomic E-state index is -5.04. The van der Waals surface area contributed by atoms with E-state index in [9.17, 15) is 14.4 Å². The molecule has 0 aliphatic carbocycles. The van der Waals surface area contributed by atoms with Gasteiger partial charge in [0.15, 0.2) is 0 Å². The van der Waals surface area contributed by atoms with Crippen molar-refractivity contribution in [2.24, 2.45) is 0 Å². The van der Waals surface area contributed by atoms with Gasteiger partial charge in [-0.05, 0) is 22.5 Å². The third-order valence-electron chi connectivity index (χ3n) is 2.86. The molecule has 0 bridgehead atoms. The molecule has 0 atom stereocenters. The number of hydrogen-bond donors (Lipinski definition) is 0. The molecule has 4 nitrogen and oxygen atoms in total. The van der Waals surface area contributed by atoms with Crippen LogP contribution < -0.4 is 14.3 Å². The van der Waals surface area contributed by atoms with Crippen molar-refractivity contribution in [2.75, 3.05) is 0 Å². The average molecular weight is 324 g/mol. The summed E-state index contributed by atoms with van der Waals surface area (Å²) >= 11 is 0. The topological polar surface area (TPSA) is 72.4 Å². The Hall–Kier alpha value is 0.430. The number of rotatable bonds is 2. The molecule has 0 spiro atoms. The van der Waals surface area contributed by atoms with Crippen molar-refractivity contribution in [3.05, 3.63) is 29.3 Å². The first-order chi connectivity index (χ1) is 8.31. The summed E-state index contributed by atoms with van der Waals surface area (Å²) in [4.78, 5) is 21.6. The van der Waals surface area contributed by atoms with Gasteiger partial charge < -0.3 is 18.9 Å². The van der Waals surface area contributed by atoms with Gasteiger partial charge in [-0.1, -0.05) is 53.7 Å². The van der Waals surface area contributed by atoms with Crippen LogP contribution in [0.1, 0.15) is 52.7 Å². The van der Waals surface area contributed by atoms with Crippen molar-refractivity contribution in [2.45, 2.75) is 52.4 Å². The zero-order chi connectivity index (χ0) is 15.1. The van der Waals surface area contributed by atoms with Gasteiger partial charge in [-0.3, -0.25) is 0 Å². The molecule has 0 fully saturated rings. The van der Waals surface area contributed by atoms with Crippen molar-refractivity contribution in [1.29, 1.82) is 0 Å². The van der Waals surface area contributed by atoms with Gasteiger partial charge in [-0.25, -0.2) is 0 Å². The minimum Gasteiger partial charge on any atom is -0.780 e. The van der Waals surface area contributed by atoms with E-state index in [1.54, 1.807) is 12.1 Å². The summed E-state index contributed by atoms with van der Waals surface area (Å²) in [5.74, 6) is 0.119. The van der Waals surface area contributed by atoms with Crippen molar-refractivity contribution in [3.63, 3.8) is 0 Å². The summed E-state index contributed by atoms with van der Waals surface area (Å²) in [6, 6.07) is 5.26. The molecule has 20 heavy (non-hydrogen) atoms. The van der Waals surface area contributed by atoms with Crippen LogP contribution in [-0.2, 0) is 15.4 Å². The second-order valence-corrected chi connectivity index (χ2v) is 7.83. The summed E-state index contributed by atoms with van der Waals surface area (Å²) in [7, 11) is -5.04. The Morgan fingerprint density at radius 3 is 1.85 bits per heavy atom. The fourth-order valence-corrected chi connectivity index (χ4v) is 2.18. The summed E-state index contributed by atoms with van der Waals surface area (Å²) in [5, 5.41) is 0. The Kier molecular flexibility index (Phi) is 6.82. The standard InChI is InChI=1S/C14H23O4P.Ca/c1-13(2,3)10-7-8-12(18-19(15,16)17)11(9-10)14(4,5)6;/h7-9H,1-6H3,(H2,15,16,17);/q;+2/p-2. The maximum absolute atomic E-state index is 10.8. The number of phosphoric ester groups is 1. The van der Waals surface area contributed by atoms with Gasteiger partial charge in [-0.15, -0.1) is 0 Å². The summed E-state index contributed by atoms with van der Waals surface area (Å²) in [6.07, 6.45) is 0. The van der Waals surface area contributed by atoms with E-state index in [2.05, 4.69) is 25.3 Å². The Morgan fingerprint density at radius 1 is 1.00 bits per heavy atom. The van der Waals surface area contributed by atoms with E-state index in [0.29, 0.717) is 5.56 Å². The van der Waals surface area contributed by atoms with Gasteiger partial charge in [0.25, 0.3) is 0 Å². The number of hydrogen-bond acceptors (Lipinski definition) is 4. The first kappa shape index (κ1) is 20.4. The van der Waals surface area contributed by atoms with Gasteiger partial charge in [0.1, 0.15) is 13.6 Å². The largest absolute Gasteiger partial charge is 2.00 e. The second kappa shape index (κ2) is 6.68. The molecule has 6 heteroatoms. The third kappa shape index (κ3) is 6.05. The monoisotopic (exact) mass is 324 g/mol. The first-order valence-electron chi connectivity index (χ1n) is 6.17. The van der Waals surface area contributed by atoms with Crippen LogP contribution in [0, 0.1) is 0 Å². The minimum absolute atomic E-state index is 0. The Balaban J connectivity index is 0.00000361. The molecule has 1 rings (SSSR count). The fraction of sp³-hybridized carbons (Fsp3) is 0.571. The van der Waals surface area contributed by atoms with Crippen LogP contribution >= 0.6 is 7.82 Å². The molecule has 0 aromatic heterocycles. The zero-order valence-electron chi connectivity index (χ0n) is 13.0. The molecular weight excluding hydrogens is 303 g/mol. The van der Waals surface area contributed by atoms with E-state index in [1.807, 2.05) is 26.8 Å². The zero-order valence-corrected chi connectivity index (χ0v) is 16.1. The molecule has 108 valence electrons. The quantitative estimate of drug-likeness (QED) is 0.617. The van der Waals surface area contributed by atoms with E-state index in [4.69, 9.17) is 0 Å². The molecule has 0 unspecified atom stereocenters. The Bertz CT molecular complexity index is 509. The molecular formula is C14H21CaO4P. The normalized spacial score (nSPS) is 12.8. The van der Waals surface area contributed by atoms with Crippen LogP contribution in [0.25, 0.3) is 0 Å². The third-order valence-corrected chi connectivity index (χ3v) is 3.28. The van der Waals surface area contributed by atoms with Gasteiger partial charge >= 0.3 is 37.7 Å². The molecule has 0 amide bonds. The smallest absolute Gasteiger partial charge is 0.780 e. The van der Waals surface area contributed by atoms with Crippen LogP contribution in [0.15, 0.2) is 18.2 Å². The van der Waals surface area contributed by atoms with Crippen molar-refractivity contribution >= 4 is 45.6 Å². The maximum Gasteiger partial charge on any atom is 2.00 e. The molecule has 0 saturated carbocycles. The van der Waals surface area contributed by atoms with Crippen LogP contribution in [0.5, 0.6) is 5.75 Å². The van der Waals surface area contributed by atoms with Crippen molar-refractivity contribution < 1.29 is 18.9 Å². The molecule has 0 heterocycles. The molecule has 0 saturated heterocycles. The predicted molar refractivity (Wildman–Crippen MR) is 77.8 cm³/mol. The fourth-order valence-electron chi connectivity index (χ4n) is 1.78. The predicted octanol–water partition coefficient (Wildman–Crippen LogP) is 2.11. The Labute approximate surface area is 151 Å². The van der Waals surface area contributed by atoms with Crippen LogP contribution in [0.2, 0.25) is 0 Å². The van der Waals surface area contributed by atoms with Crippen molar-refractivity contribution in [3.8, 4) is 5.75 Å². The van der Waals surface area contributed by atoms with E-state index in [1.165, 1.54) is 0 Å². The number of phosphoric acid groups is 1. The van der Waals surface area contributed by atoms with E-state index in [-0.39, 0.29) is 54.3 Å². The molecule has 0 aliphatic rings. The van der Waals surface area contributed by atoms with Gasteiger partial charge in [0.05, 0.1) is 0 Å². The molecule has 1 aromatic rings. The molecule has 1 aromatic carbocycles. The molecule has 0 aliphatic heterocycles. The van der Waals surface area contributed by atoms with E-state index >= 15 is 0 Å². The average Bonchev–Trinajstić information content (AvgIpc) is 2.11. The summed E-state index contributed by atoms with van der Waals surface area (Å²) < 4.78 is 15.4. The van der Waals surface area contributed by atoms with Gasteiger partial charge in [-0.2, -0.15) is 0 Å². The number of benzene rings is 1. The Morgan fingerprint density at radius 2 is 1.50 bits per heavy atom. The maximum atomic E-state index is 10.8. The van der Waals surface area contributed by atoms with Crippen LogP contribution in [0.4, 0.5) is 0 Å². The van der Waals surface area contributed by atoms with Crippen LogP contribution in [-0.4, -0.2) is 37.7 Å². The SMILES string of the molecule is CC(C)(C)c1ccc(OP(=O)([O-])[O-])c(C(C)(C)C)c1.[Ca+2]. The van der Waals surface area contributed by atoms with Gasteiger partial charge in [0.2, 0.25) is 0 Å². The van der Waals surface area contributed by atoms with E-state index < -0.39 is 7.82 Å². The summed E-state index contributed by atoms with van der Waals surface area (Å²) in [6.45, 7) is 12.1. The molecule has 0 radical (unpaired) electrons. The van der Waals surface area contributed by atoms with E-state index in [0.717, 1.165) is 5.56 Å². The first-order valence-corrected chi connectivity index (χ1v) is 7.63. The summed E-state index contributed by atoms with van der Waals surface area (Å²) in [5.41, 5.74) is 1.41.